The van der Waals surface area contributed by atoms with Crippen LogP contribution in [0.3, 0.4) is 0 Å². The lowest BCUT2D eigenvalue weighted by Crippen LogP contribution is -2.48. The number of urea groups is 1. The third kappa shape index (κ3) is 3.80. The van der Waals surface area contributed by atoms with Gasteiger partial charge in [0, 0.05) is 17.8 Å². The van der Waals surface area contributed by atoms with Gasteiger partial charge in [0.2, 0.25) is 0 Å². The molecule has 1 aliphatic carbocycles. The van der Waals surface area contributed by atoms with E-state index < -0.39 is 5.97 Å². The van der Waals surface area contributed by atoms with Crippen LogP contribution >= 0.6 is 11.8 Å². The van der Waals surface area contributed by atoms with Crippen molar-refractivity contribution in [1.82, 2.24) is 10.6 Å². The summed E-state index contributed by atoms with van der Waals surface area (Å²) in [6.07, 6.45) is 4.08. The van der Waals surface area contributed by atoms with E-state index in [1.165, 1.54) is 0 Å². The number of hydrogen-bond donors (Lipinski definition) is 3. The molecule has 2 fully saturated rings. The van der Waals surface area contributed by atoms with Gasteiger partial charge in [-0.25, -0.2) is 4.79 Å². The van der Waals surface area contributed by atoms with E-state index in [2.05, 4.69) is 10.6 Å². The summed E-state index contributed by atoms with van der Waals surface area (Å²) in [6.45, 7) is 0. The molecule has 2 rings (SSSR count). The molecule has 3 atom stereocenters. The van der Waals surface area contributed by atoms with Gasteiger partial charge < -0.3 is 15.7 Å². The van der Waals surface area contributed by atoms with Crippen molar-refractivity contribution in [3.63, 3.8) is 0 Å². The second-order valence-corrected chi connectivity index (χ2v) is 6.23. The van der Waals surface area contributed by atoms with Crippen molar-refractivity contribution in [1.29, 1.82) is 0 Å². The van der Waals surface area contributed by atoms with Gasteiger partial charge in [-0.15, -0.1) is 0 Å². The van der Waals surface area contributed by atoms with Crippen molar-refractivity contribution < 1.29 is 14.7 Å². The molecular weight excluding hydrogens is 252 g/mol. The highest BCUT2D eigenvalue weighted by atomic mass is 32.2. The summed E-state index contributed by atoms with van der Waals surface area (Å²) >= 11 is 1.85. The fraction of sp³-hybridized carbons (Fsp3) is 0.833. The molecule has 0 aromatic carbocycles. The number of carbonyl (C=O) groups excluding carboxylic acids is 1. The van der Waals surface area contributed by atoms with Crippen LogP contribution in [0.4, 0.5) is 4.79 Å². The molecule has 6 heteroatoms. The number of aliphatic carboxylic acids is 1. The van der Waals surface area contributed by atoms with Gasteiger partial charge in [-0.3, -0.25) is 4.79 Å². The van der Waals surface area contributed by atoms with Crippen LogP contribution in [0.5, 0.6) is 0 Å². The molecule has 3 N–H and O–H groups in total. The van der Waals surface area contributed by atoms with Gasteiger partial charge in [-0.1, -0.05) is 6.42 Å². The second-order valence-electron chi connectivity index (χ2n) is 5.08. The average molecular weight is 272 g/mol. The predicted molar refractivity (Wildman–Crippen MR) is 70.8 cm³/mol. The van der Waals surface area contributed by atoms with Crippen molar-refractivity contribution in [2.45, 2.75) is 44.2 Å². The van der Waals surface area contributed by atoms with E-state index >= 15 is 0 Å². The lowest BCUT2D eigenvalue weighted by molar-refractivity contribution is -0.143. The number of carbonyl (C=O) groups is 2. The van der Waals surface area contributed by atoms with Crippen molar-refractivity contribution in [2.24, 2.45) is 5.92 Å². The SMILES string of the molecule is O=C(NC1CCSC1)NC1CCCC(C(=O)O)C1. The molecule has 0 bridgehead atoms. The zero-order chi connectivity index (χ0) is 13.0. The van der Waals surface area contributed by atoms with Gasteiger partial charge >= 0.3 is 12.0 Å². The highest BCUT2D eigenvalue weighted by Crippen LogP contribution is 2.24. The molecule has 2 aliphatic rings. The first-order chi connectivity index (χ1) is 8.65. The van der Waals surface area contributed by atoms with Crippen LogP contribution in [0.2, 0.25) is 0 Å². The maximum Gasteiger partial charge on any atom is 0.315 e. The van der Waals surface area contributed by atoms with Crippen molar-refractivity contribution in [2.75, 3.05) is 11.5 Å². The van der Waals surface area contributed by atoms with Crippen LogP contribution in [0.25, 0.3) is 0 Å². The Hall–Kier alpha value is -0.910. The maximum absolute atomic E-state index is 11.8. The molecule has 0 spiro atoms. The fourth-order valence-corrected chi connectivity index (χ4v) is 3.76. The van der Waals surface area contributed by atoms with Gasteiger partial charge in [0.25, 0.3) is 0 Å². The van der Waals surface area contributed by atoms with Gasteiger partial charge in [0.05, 0.1) is 5.92 Å². The molecule has 102 valence electrons. The number of nitrogens with one attached hydrogen (secondary N) is 2. The van der Waals surface area contributed by atoms with Crippen LogP contribution in [-0.2, 0) is 4.79 Å². The van der Waals surface area contributed by atoms with E-state index in [1.54, 1.807) is 0 Å². The van der Waals surface area contributed by atoms with Gasteiger partial charge in [0.1, 0.15) is 0 Å². The van der Waals surface area contributed by atoms with Crippen LogP contribution in [0.15, 0.2) is 0 Å². The molecule has 0 radical (unpaired) electrons. The molecule has 0 aromatic heterocycles. The van der Waals surface area contributed by atoms with Crippen LogP contribution in [0, 0.1) is 5.92 Å². The highest BCUT2D eigenvalue weighted by molar-refractivity contribution is 7.99. The van der Waals surface area contributed by atoms with Gasteiger partial charge in [-0.05, 0) is 31.4 Å². The Kier molecular flexibility index (Phi) is 4.74. The molecule has 1 saturated heterocycles. The minimum Gasteiger partial charge on any atom is -0.481 e. The number of hydrogen-bond acceptors (Lipinski definition) is 3. The lowest BCUT2D eigenvalue weighted by atomic mass is 9.86. The van der Waals surface area contributed by atoms with Gasteiger partial charge in [0.15, 0.2) is 0 Å². The summed E-state index contributed by atoms with van der Waals surface area (Å²) in [5.41, 5.74) is 0. The summed E-state index contributed by atoms with van der Waals surface area (Å²) in [6, 6.07) is 0.140. The van der Waals surface area contributed by atoms with Crippen LogP contribution in [-0.4, -0.2) is 40.7 Å². The third-order valence-electron chi connectivity index (χ3n) is 3.62. The van der Waals surface area contributed by atoms with Crippen LogP contribution < -0.4 is 10.6 Å². The summed E-state index contributed by atoms with van der Waals surface area (Å²) in [7, 11) is 0. The number of rotatable bonds is 3. The molecule has 0 aromatic rings. The molecule has 2 amide bonds. The molecule has 1 saturated carbocycles. The Balaban J connectivity index is 1.74. The van der Waals surface area contributed by atoms with Crippen molar-refractivity contribution in [3.8, 4) is 0 Å². The Morgan fingerprint density at radius 1 is 1.11 bits per heavy atom. The van der Waals surface area contributed by atoms with Crippen LogP contribution in [0.1, 0.15) is 32.1 Å². The number of carboxylic acids is 1. The van der Waals surface area contributed by atoms with E-state index in [4.69, 9.17) is 5.11 Å². The molecule has 18 heavy (non-hydrogen) atoms. The fourth-order valence-electron chi connectivity index (χ4n) is 2.61. The highest BCUT2D eigenvalue weighted by Gasteiger charge is 2.28. The quantitative estimate of drug-likeness (QED) is 0.726. The minimum atomic E-state index is -0.742. The Morgan fingerprint density at radius 2 is 1.89 bits per heavy atom. The predicted octanol–water partition coefficient (Wildman–Crippen LogP) is 1.43. The summed E-state index contributed by atoms with van der Waals surface area (Å²) in [4.78, 5) is 22.7. The van der Waals surface area contributed by atoms with Crippen molar-refractivity contribution >= 4 is 23.8 Å². The van der Waals surface area contributed by atoms with E-state index in [1.807, 2.05) is 11.8 Å². The molecular formula is C12H20N2O3S. The number of carboxylic acid groups (broad SMARTS) is 1. The Morgan fingerprint density at radius 3 is 2.56 bits per heavy atom. The maximum atomic E-state index is 11.8. The van der Waals surface area contributed by atoms with E-state index in [-0.39, 0.29) is 24.0 Å². The monoisotopic (exact) mass is 272 g/mol. The first-order valence-corrected chi connectivity index (χ1v) is 7.68. The molecule has 3 unspecified atom stereocenters. The molecule has 1 heterocycles. The number of amides is 2. The molecule has 5 nitrogen and oxygen atoms in total. The Labute approximate surface area is 111 Å². The summed E-state index contributed by atoms with van der Waals surface area (Å²) in [5, 5.41) is 14.8. The van der Waals surface area contributed by atoms with Crippen molar-refractivity contribution in [3.05, 3.63) is 0 Å². The Bertz CT molecular complexity index is 318. The first-order valence-electron chi connectivity index (χ1n) is 6.52. The summed E-state index contributed by atoms with van der Waals surface area (Å²) < 4.78 is 0. The second kappa shape index (κ2) is 6.31. The smallest absolute Gasteiger partial charge is 0.315 e. The van der Waals surface area contributed by atoms with E-state index in [0.29, 0.717) is 6.42 Å². The average Bonchev–Trinajstić information content (AvgIpc) is 2.82. The minimum absolute atomic E-state index is 0.00825. The lowest BCUT2D eigenvalue weighted by Gasteiger charge is -2.27. The summed E-state index contributed by atoms with van der Waals surface area (Å²) in [5.74, 6) is 1.05. The standard InChI is InChI=1S/C12H20N2O3S/c15-11(16)8-2-1-3-9(6-8)13-12(17)14-10-4-5-18-7-10/h8-10H,1-7H2,(H,15,16)(H2,13,14,17). The molecule has 1 aliphatic heterocycles. The zero-order valence-corrected chi connectivity index (χ0v) is 11.2. The van der Waals surface area contributed by atoms with E-state index in [9.17, 15) is 9.59 Å². The topological polar surface area (TPSA) is 78.4 Å². The number of thioether (sulfide) groups is 1. The third-order valence-corrected chi connectivity index (χ3v) is 4.79. The zero-order valence-electron chi connectivity index (χ0n) is 10.4. The van der Waals surface area contributed by atoms with E-state index in [0.717, 1.165) is 37.2 Å². The normalized spacial score (nSPS) is 31.9. The largest absolute Gasteiger partial charge is 0.481 e. The van der Waals surface area contributed by atoms with Gasteiger partial charge in [-0.2, -0.15) is 11.8 Å². The first kappa shape index (κ1) is 13.5.